The molecular weight excluding hydrogens is 591 g/mol. The van der Waals surface area contributed by atoms with E-state index in [9.17, 15) is 9.90 Å². The molecule has 0 radical (unpaired) electrons. The van der Waals surface area contributed by atoms with Gasteiger partial charge in [0.1, 0.15) is 23.7 Å². The number of halogens is 1. The van der Waals surface area contributed by atoms with Crippen LogP contribution >= 0.6 is 0 Å². The van der Waals surface area contributed by atoms with Crippen LogP contribution in [0.2, 0.25) is 18.1 Å². The van der Waals surface area contributed by atoms with Gasteiger partial charge in [0.15, 0.2) is 25.5 Å². The smallest absolute Gasteiger partial charge is 0.265 e. The third-order valence-electron chi connectivity index (χ3n) is 10.4. The maximum absolute atomic E-state index is 15.2. The van der Waals surface area contributed by atoms with Gasteiger partial charge in [0.2, 0.25) is 5.78 Å². The van der Waals surface area contributed by atoms with E-state index in [-0.39, 0.29) is 46.4 Å². The lowest BCUT2D eigenvalue weighted by Gasteiger charge is -2.55. The summed E-state index contributed by atoms with van der Waals surface area (Å²) in [4.78, 5) is 31.3. The van der Waals surface area contributed by atoms with Crippen molar-refractivity contribution in [1.29, 1.82) is 0 Å². The van der Waals surface area contributed by atoms with Gasteiger partial charge >= 0.3 is 0 Å². The molecule has 6 rings (SSSR count). The number of carbonyl (C=O) groups excluding carboxylic acids is 2. The Morgan fingerprint density at radius 2 is 1.80 bits per heavy atom. The Morgan fingerprint density at radius 3 is 2.44 bits per heavy atom. The summed E-state index contributed by atoms with van der Waals surface area (Å²) in [6.45, 7) is 12.1. The van der Waals surface area contributed by atoms with Crippen LogP contribution in [0.4, 0.5) is 4.39 Å². The first kappa shape index (κ1) is 31.4. The second-order valence-electron chi connectivity index (χ2n) is 14.4. The van der Waals surface area contributed by atoms with Crippen LogP contribution in [0.25, 0.3) is 0 Å². The van der Waals surface area contributed by atoms with E-state index in [1.165, 1.54) is 6.07 Å². The van der Waals surface area contributed by atoms with Crippen molar-refractivity contribution in [2.75, 3.05) is 14.1 Å². The Balaban J connectivity index is 1.59. The number of aryl methyl sites for hydroxylation is 1. The van der Waals surface area contributed by atoms with E-state index in [1.807, 2.05) is 62.4 Å². The van der Waals surface area contributed by atoms with E-state index in [4.69, 9.17) is 13.7 Å². The number of carbonyl (C=O) groups is 2. The lowest BCUT2D eigenvalue weighted by molar-refractivity contribution is -0.0481. The second-order valence-corrected chi connectivity index (χ2v) is 19.1. The standard InChI is InChI=1S/C35H41FN2O6Si/c1-19-14-15-24(36)22-16-21-17-23-28(38(5)6)30-27(33(37-43-30)42-18-20-12-10-9-11-13-20)32(41)35(23,44-45(7,8)34(2,3)4)31(40)26(21)29(39)25(19)22/h9-15,21,23,28,40H,16-18H2,1-8H3/t21-,23-,28-,35-/m0/s1. The molecule has 3 aliphatic rings. The van der Waals surface area contributed by atoms with E-state index in [1.54, 1.807) is 13.0 Å². The van der Waals surface area contributed by atoms with E-state index >= 15 is 9.18 Å². The molecule has 8 nitrogen and oxygen atoms in total. The number of hydrogen-bond acceptors (Lipinski definition) is 8. The number of fused-ring (bicyclic) bond motifs is 4. The van der Waals surface area contributed by atoms with E-state index in [2.05, 4.69) is 25.9 Å². The predicted octanol–water partition coefficient (Wildman–Crippen LogP) is 7.15. The molecule has 0 bridgehead atoms. The number of benzene rings is 2. The zero-order valence-corrected chi connectivity index (χ0v) is 28.2. The number of aliphatic hydroxyl groups excluding tert-OH is 1. The number of ketones is 2. The number of aromatic nitrogens is 1. The van der Waals surface area contributed by atoms with Crippen molar-refractivity contribution in [3.05, 3.63) is 93.2 Å². The largest absolute Gasteiger partial charge is 0.508 e. The molecule has 0 saturated heterocycles. The molecule has 0 spiro atoms. The molecule has 0 amide bonds. The average molecular weight is 633 g/mol. The zero-order chi connectivity index (χ0) is 32.6. The number of aliphatic hydroxyl groups is 1. The van der Waals surface area contributed by atoms with Crippen molar-refractivity contribution in [2.24, 2.45) is 11.8 Å². The fourth-order valence-corrected chi connectivity index (χ4v) is 8.56. The lowest BCUT2D eigenvalue weighted by Crippen LogP contribution is -2.65. The summed E-state index contributed by atoms with van der Waals surface area (Å²) < 4.78 is 34.3. The molecular formula is C35H41FN2O6Si. The summed E-state index contributed by atoms with van der Waals surface area (Å²) in [7, 11) is 0.926. The van der Waals surface area contributed by atoms with Crippen LogP contribution in [-0.2, 0) is 17.5 Å². The highest BCUT2D eigenvalue weighted by Gasteiger charge is 2.67. The molecule has 2 aromatic carbocycles. The molecule has 1 heterocycles. The molecule has 0 fully saturated rings. The second kappa shape index (κ2) is 10.7. The van der Waals surface area contributed by atoms with Gasteiger partial charge in [0.05, 0.1) is 6.04 Å². The van der Waals surface area contributed by atoms with Crippen LogP contribution in [0.1, 0.15) is 76.4 Å². The van der Waals surface area contributed by atoms with Gasteiger partial charge in [-0.25, -0.2) is 4.39 Å². The van der Waals surface area contributed by atoms with Crippen LogP contribution in [-0.4, -0.2) is 54.7 Å². The topological polar surface area (TPSA) is 102 Å². The molecule has 0 saturated carbocycles. The molecule has 45 heavy (non-hydrogen) atoms. The van der Waals surface area contributed by atoms with Crippen molar-refractivity contribution >= 4 is 19.9 Å². The van der Waals surface area contributed by atoms with Crippen LogP contribution in [0.5, 0.6) is 5.88 Å². The van der Waals surface area contributed by atoms with Gasteiger partial charge in [-0.2, -0.15) is 0 Å². The van der Waals surface area contributed by atoms with Crippen LogP contribution in [0, 0.1) is 24.6 Å². The molecule has 4 atom stereocenters. The minimum absolute atomic E-state index is 0.0144. The lowest BCUT2D eigenvalue weighted by atomic mass is 9.58. The third kappa shape index (κ3) is 4.71. The first-order valence-corrected chi connectivity index (χ1v) is 18.3. The highest BCUT2D eigenvalue weighted by Crippen LogP contribution is 2.59. The molecule has 1 N–H and O–H groups in total. The maximum Gasteiger partial charge on any atom is 0.265 e. The number of ether oxygens (including phenoxy) is 1. The molecule has 0 aliphatic heterocycles. The van der Waals surface area contributed by atoms with Crippen LogP contribution in [0.3, 0.4) is 0 Å². The summed E-state index contributed by atoms with van der Waals surface area (Å²) in [5, 5.41) is 16.4. The van der Waals surface area contributed by atoms with Gasteiger partial charge in [0.25, 0.3) is 5.88 Å². The van der Waals surface area contributed by atoms with Gasteiger partial charge in [-0.15, -0.1) is 0 Å². The van der Waals surface area contributed by atoms with Crippen LogP contribution in [0.15, 0.2) is 58.3 Å². The number of allylic oxidation sites excluding steroid dienone is 1. The fraction of sp³-hybridized carbons (Fsp3) is 0.457. The minimum atomic E-state index is -2.81. The van der Waals surface area contributed by atoms with Crippen molar-refractivity contribution in [3.63, 3.8) is 0 Å². The van der Waals surface area contributed by atoms with Gasteiger partial charge in [-0.05, 0) is 85.8 Å². The molecule has 3 aliphatic carbocycles. The minimum Gasteiger partial charge on any atom is -0.508 e. The summed E-state index contributed by atoms with van der Waals surface area (Å²) in [6, 6.07) is 11.9. The van der Waals surface area contributed by atoms with Gasteiger partial charge in [-0.1, -0.05) is 57.2 Å². The highest BCUT2D eigenvalue weighted by atomic mass is 28.4. The molecule has 10 heteroatoms. The molecule has 0 unspecified atom stereocenters. The van der Waals surface area contributed by atoms with E-state index < -0.39 is 49.2 Å². The Labute approximate surface area is 264 Å². The number of Topliss-reactive ketones (excluding diaryl/α,β-unsaturated/α-hetero) is 2. The van der Waals surface area contributed by atoms with Crippen LogP contribution < -0.4 is 4.74 Å². The van der Waals surface area contributed by atoms with Gasteiger partial charge < -0.3 is 18.8 Å². The predicted molar refractivity (Wildman–Crippen MR) is 169 cm³/mol. The monoisotopic (exact) mass is 632 g/mol. The van der Waals surface area contributed by atoms with Crippen molar-refractivity contribution in [3.8, 4) is 5.88 Å². The summed E-state index contributed by atoms with van der Waals surface area (Å²) in [6.07, 6.45) is 0.519. The Hall–Kier alpha value is -3.60. The van der Waals surface area contributed by atoms with Crippen molar-refractivity contribution in [2.45, 2.75) is 76.9 Å². The molecule has 1 aromatic heterocycles. The quantitative estimate of drug-likeness (QED) is 0.286. The first-order valence-electron chi connectivity index (χ1n) is 15.4. The summed E-state index contributed by atoms with van der Waals surface area (Å²) >= 11 is 0. The molecule has 238 valence electrons. The number of rotatable bonds is 6. The zero-order valence-electron chi connectivity index (χ0n) is 27.2. The van der Waals surface area contributed by atoms with Gasteiger partial charge in [-0.3, -0.25) is 14.5 Å². The maximum atomic E-state index is 15.2. The third-order valence-corrected chi connectivity index (χ3v) is 14.8. The van der Waals surface area contributed by atoms with E-state index in [0.717, 1.165) is 5.56 Å². The molecule has 3 aromatic rings. The van der Waals surface area contributed by atoms with E-state index in [0.29, 0.717) is 23.3 Å². The fourth-order valence-electron chi connectivity index (χ4n) is 7.11. The number of hydrogen-bond donors (Lipinski definition) is 1. The first-order chi connectivity index (χ1) is 21.1. The highest BCUT2D eigenvalue weighted by molar-refractivity contribution is 6.74. The SMILES string of the molecule is Cc1ccc(F)c2c1C(=O)C1=C(O)[C@]3(O[Si](C)(C)C(C)(C)C)C(=O)c4c(OCc5ccccc5)noc4[C@@H](N(C)C)[C@@H]3C[C@@H]1C2. The summed E-state index contributed by atoms with van der Waals surface area (Å²) in [5.74, 6) is -2.66. The number of nitrogens with zero attached hydrogens (tertiary/aromatic N) is 2. The Kier molecular flexibility index (Phi) is 7.49. The summed E-state index contributed by atoms with van der Waals surface area (Å²) in [5.41, 5.74) is 0.432. The Morgan fingerprint density at radius 1 is 1.11 bits per heavy atom. The van der Waals surface area contributed by atoms with Crippen molar-refractivity contribution in [1.82, 2.24) is 10.1 Å². The average Bonchev–Trinajstić information content (AvgIpc) is 3.38. The van der Waals surface area contributed by atoms with Gasteiger partial charge in [0, 0.05) is 17.1 Å². The normalized spacial score (nSPS) is 24.7. The Bertz CT molecular complexity index is 1720. The van der Waals surface area contributed by atoms with Crippen molar-refractivity contribution < 1.29 is 32.8 Å².